The number of hydrogen-bond donors (Lipinski definition) is 0. The Bertz CT molecular complexity index is 3360. The van der Waals surface area contributed by atoms with E-state index in [0.717, 1.165) is 83.7 Å². The average Bonchev–Trinajstić information content (AvgIpc) is 3.42. The van der Waals surface area contributed by atoms with E-state index in [2.05, 4.69) is 182 Å². The molecule has 0 radical (unpaired) electrons. The lowest BCUT2D eigenvalue weighted by atomic mass is 9.96. The molecule has 0 bridgehead atoms. The molecular formula is C61H41N5. The van der Waals surface area contributed by atoms with Crippen molar-refractivity contribution in [2.75, 3.05) is 0 Å². The van der Waals surface area contributed by atoms with E-state index >= 15 is 0 Å². The molecule has 0 fully saturated rings. The lowest BCUT2D eigenvalue weighted by Crippen LogP contribution is -2.00. The van der Waals surface area contributed by atoms with Crippen LogP contribution < -0.4 is 0 Å². The van der Waals surface area contributed by atoms with Gasteiger partial charge < -0.3 is 0 Å². The summed E-state index contributed by atoms with van der Waals surface area (Å²) in [6, 6.07) is 85.9. The van der Waals surface area contributed by atoms with Crippen molar-refractivity contribution in [3.05, 3.63) is 249 Å². The van der Waals surface area contributed by atoms with Gasteiger partial charge >= 0.3 is 0 Å². The van der Waals surface area contributed by atoms with Gasteiger partial charge in [-0.1, -0.05) is 218 Å². The fourth-order valence-corrected chi connectivity index (χ4v) is 8.29. The highest BCUT2D eigenvalue weighted by molar-refractivity contribution is 5.81. The first kappa shape index (κ1) is 39.9. The van der Waals surface area contributed by atoms with E-state index in [-0.39, 0.29) is 0 Å². The lowest BCUT2D eigenvalue weighted by molar-refractivity contribution is 1.07. The van der Waals surface area contributed by atoms with Crippen LogP contribution in [0.4, 0.5) is 0 Å². The lowest BCUT2D eigenvalue weighted by Gasteiger charge is -2.13. The van der Waals surface area contributed by atoms with Gasteiger partial charge in [-0.05, 0) is 74.8 Å². The van der Waals surface area contributed by atoms with Crippen LogP contribution in [0.3, 0.4) is 0 Å². The summed E-state index contributed by atoms with van der Waals surface area (Å²) in [5.74, 6) is 2.51. The molecule has 0 spiro atoms. The van der Waals surface area contributed by atoms with Crippen LogP contribution >= 0.6 is 0 Å². The fraction of sp³-hybridized carbons (Fsp3) is 0. The zero-order chi connectivity index (χ0) is 44.1. The first-order valence-electron chi connectivity index (χ1n) is 22.1. The molecule has 0 atom stereocenters. The van der Waals surface area contributed by atoms with Crippen LogP contribution in [0.2, 0.25) is 0 Å². The van der Waals surface area contributed by atoms with Gasteiger partial charge in [0.05, 0.1) is 11.4 Å². The summed E-state index contributed by atoms with van der Waals surface area (Å²) in [5, 5.41) is 0. The van der Waals surface area contributed by atoms with E-state index in [1.165, 1.54) is 5.56 Å². The normalized spacial score (nSPS) is 11.0. The Kier molecular flexibility index (Phi) is 10.9. The minimum Gasteiger partial charge on any atom is -0.228 e. The molecule has 11 aromatic rings. The molecule has 5 heteroatoms. The predicted molar refractivity (Wildman–Crippen MR) is 270 cm³/mol. The molecule has 11 rings (SSSR count). The van der Waals surface area contributed by atoms with Gasteiger partial charge in [-0.15, -0.1) is 0 Å². The molecule has 2 aromatic heterocycles. The minimum absolute atomic E-state index is 0.601. The molecule has 0 aliphatic rings. The third-order valence-electron chi connectivity index (χ3n) is 11.8. The van der Waals surface area contributed by atoms with Crippen molar-refractivity contribution in [2.24, 2.45) is 0 Å². The standard InChI is InChI=1S/C61H41N5/c1-6-17-42(18-7-1)45-29-33-47(34-30-45)56-41-57(63-58(62-56)48-23-12-4-13-24-48)52-28-16-27-51(37-52)46-31-35-50(36-32-46)60-64-59(49-25-14-5-15-26-49)65-61(66-60)55-39-53(43-19-8-2-9-20-43)38-54(40-55)44-21-10-3-11-22-44/h1-41H. The first-order valence-corrected chi connectivity index (χ1v) is 22.1. The molecule has 0 aliphatic carbocycles. The summed E-state index contributed by atoms with van der Waals surface area (Å²) in [7, 11) is 0. The Labute approximate surface area is 384 Å². The van der Waals surface area contributed by atoms with E-state index in [9.17, 15) is 0 Å². The molecule has 0 saturated carbocycles. The Hall–Kier alpha value is -8.93. The van der Waals surface area contributed by atoms with Crippen LogP contribution in [0.1, 0.15) is 0 Å². The first-order chi connectivity index (χ1) is 32.7. The van der Waals surface area contributed by atoms with Gasteiger partial charge in [0, 0.05) is 33.4 Å². The van der Waals surface area contributed by atoms with Gasteiger partial charge in [0.15, 0.2) is 23.3 Å². The highest BCUT2D eigenvalue weighted by Crippen LogP contribution is 2.35. The van der Waals surface area contributed by atoms with E-state index in [1.54, 1.807) is 0 Å². The Balaban J connectivity index is 0.956. The number of benzene rings is 9. The molecule has 310 valence electrons. The zero-order valence-electron chi connectivity index (χ0n) is 35.9. The summed E-state index contributed by atoms with van der Waals surface area (Å²) >= 11 is 0. The second-order valence-corrected chi connectivity index (χ2v) is 16.1. The van der Waals surface area contributed by atoms with Crippen molar-refractivity contribution in [3.8, 4) is 113 Å². The van der Waals surface area contributed by atoms with Crippen LogP contribution in [0.5, 0.6) is 0 Å². The van der Waals surface area contributed by atoms with E-state index in [1.807, 2.05) is 66.7 Å². The molecule has 0 amide bonds. The van der Waals surface area contributed by atoms with Crippen molar-refractivity contribution in [3.63, 3.8) is 0 Å². The van der Waals surface area contributed by atoms with Crippen LogP contribution in [-0.2, 0) is 0 Å². The van der Waals surface area contributed by atoms with Crippen LogP contribution in [0.15, 0.2) is 249 Å². The van der Waals surface area contributed by atoms with E-state index < -0.39 is 0 Å². The van der Waals surface area contributed by atoms with Gasteiger partial charge in [0.25, 0.3) is 0 Å². The van der Waals surface area contributed by atoms with Crippen LogP contribution in [0, 0.1) is 0 Å². The van der Waals surface area contributed by atoms with Gasteiger partial charge in [-0.2, -0.15) is 0 Å². The third-order valence-corrected chi connectivity index (χ3v) is 11.8. The van der Waals surface area contributed by atoms with Crippen LogP contribution in [-0.4, -0.2) is 24.9 Å². The molecule has 66 heavy (non-hydrogen) atoms. The summed E-state index contributed by atoms with van der Waals surface area (Å²) in [6.07, 6.45) is 0. The number of nitrogens with zero attached hydrogens (tertiary/aromatic N) is 5. The maximum Gasteiger partial charge on any atom is 0.164 e. The number of aromatic nitrogens is 5. The fourth-order valence-electron chi connectivity index (χ4n) is 8.29. The summed E-state index contributed by atoms with van der Waals surface area (Å²) < 4.78 is 0. The zero-order valence-corrected chi connectivity index (χ0v) is 35.9. The predicted octanol–water partition coefficient (Wildman–Crippen LogP) is 15.3. The second kappa shape index (κ2) is 18.0. The number of hydrogen-bond acceptors (Lipinski definition) is 5. The Morgan fingerprint density at radius 1 is 0.152 bits per heavy atom. The molecule has 5 nitrogen and oxygen atoms in total. The van der Waals surface area contributed by atoms with Gasteiger partial charge in [0.1, 0.15) is 0 Å². The summed E-state index contributed by atoms with van der Waals surface area (Å²) in [4.78, 5) is 25.6. The second-order valence-electron chi connectivity index (χ2n) is 16.1. The summed E-state index contributed by atoms with van der Waals surface area (Å²) in [5.41, 5.74) is 16.3. The molecule has 0 N–H and O–H groups in total. The van der Waals surface area contributed by atoms with Crippen LogP contribution in [0.25, 0.3) is 113 Å². The molecular weight excluding hydrogens is 803 g/mol. The molecule has 2 heterocycles. The van der Waals surface area contributed by atoms with Crippen molar-refractivity contribution in [1.82, 2.24) is 24.9 Å². The average molecular weight is 844 g/mol. The Morgan fingerprint density at radius 2 is 0.424 bits per heavy atom. The summed E-state index contributed by atoms with van der Waals surface area (Å²) in [6.45, 7) is 0. The third kappa shape index (κ3) is 8.57. The van der Waals surface area contributed by atoms with Crippen molar-refractivity contribution in [1.29, 1.82) is 0 Å². The topological polar surface area (TPSA) is 64.5 Å². The maximum atomic E-state index is 5.18. The van der Waals surface area contributed by atoms with Gasteiger partial charge in [0.2, 0.25) is 0 Å². The van der Waals surface area contributed by atoms with Crippen molar-refractivity contribution >= 4 is 0 Å². The van der Waals surface area contributed by atoms with E-state index in [4.69, 9.17) is 24.9 Å². The molecule has 0 aliphatic heterocycles. The highest BCUT2D eigenvalue weighted by Gasteiger charge is 2.16. The monoisotopic (exact) mass is 843 g/mol. The molecule has 0 unspecified atom stereocenters. The smallest absolute Gasteiger partial charge is 0.164 e. The van der Waals surface area contributed by atoms with Gasteiger partial charge in [-0.25, -0.2) is 24.9 Å². The highest BCUT2D eigenvalue weighted by atomic mass is 15.0. The van der Waals surface area contributed by atoms with Gasteiger partial charge in [-0.3, -0.25) is 0 Å². The van der Waals surface area contributed by atoms with Crippen molar-refractivity contribution in [2.45, 2.75) is 0 Å². The largest absolute Gasteiger partial charge is 0.228 e. The number of rotatable bonds is 10. The van der Waals surface area contributed by atoms with E-state index in [0.29, 0.717) is 23.3 Å². The minimum atomic E-state index is 0.601. The SMILES string of the molecule is c1ccc(-c2ccc(-c3cc(-c4cccc(-c5ccc(-c6nc(-c7ccccc7)nc(-c7cc(-c8ccccc8)cc(-c8ccccc8)c7)n6)cc5)c4)nc(-c4ccccc4)n3)cc2)cc1. The molecule has 0 saturated heterocycles. The van der Waals surface area contributed by atoms with Crippen molar-refractivity contribution < 1.29 is 0 Å². The molecule has 9 aromatic carbocycles. The maximum absolute atomic E-state index is 5.18. The quantitative estimate of drug-likeness (QED) is 0.137. The Morgan fingerprint density at radius 3 is 0.909 bits per heavy atom.